The van der Waals surface area contributed by atoms with E-state index >= 15 is 0 Å². The molecule has 2 aromatic rings. The van der Waals surface area contributed by atoms with Gasteiger partial charge in [-0.1, -0.05) is 12.1 Å². The van der Waals surface area contributed by atoms with Crippen LogP contribution in [0.5, 0.6) is 5.75 Å². The average Bonchev–Trinajstić information content (AvgIpc) is 2.54. The first kappa shape index (κ1) is 18.8. The fourth-order valence-corrected chi connectivity index (χ4v) is 2.61. The number of carbonyl (C=O) groups excluding carboxylic acids is 1. The number of halogens is 2. The quantitative estimate of drug-likeness (QED) is 0.816. The van der Waals surface area contributed by atoms with Crippen molar-refractivity contribution in [2.75, 3.05) is 0 Å². The van der Waals surface area contributed by atoms with Crippen LogP contribution < -0.4 is 15.2 Å². The number of rotatable bonds is 6. The lowest BCUT2D eigenvalue weighted by Crippen LogP contribution is -2.26. The van der Waals surface area contributed by atoms with Gasteiger partial charge in [0.15, 0.2) is 0 Å². The summed E-state index contributed by atoms with van der Waals surface area (Å²) >= 11 is 0. The second-order valence-corrected chi connectivity index (χ2v) is 6.77. The Kier molecular flexibility index (Phi) is 5.70. The zero-order valence-electron chi connectivity index (χ0n) is 13.1. The molecule has 0 aliphatic heterocycles. The van der Waals surface area contributed by atoms with Crippen LogP contribution in [0.3, 0.4) is 0 Å². The SMILES string of the molecule is C[C@H](NC(=O)c1ccc(OC(F)F)cc1)c1ccc(S(N)(=O)=O)cc1. The van der Waals surface area contributed by atoms with Gasteiger partial charge in [-0.05, 0) is 48.9 Å². The summed E-state index contributed by atoms with van der Waals surface area (Å²) in [5.74, 6) is -0.454. The molecular formula is C16H16F2N2O4S. The van der Waals surface area contributed by atoms with Crippen LogP contribution in [0.2, 0.25) is 0 Å². The van der Waals surface area contributed by atoms with Crippen molar-refractivity contribution in [2.24, 2.45) is 5.14 Å². The van der Waals surface area contributed by atoms with Crippen LogP contribution in [0.4, 0.5) is 8.78 Å². The largest absolute Gasteiger partial charge is 0.435 e. The molecule has 1 atom stereocenters. The van der Waals surface area contributed by atoms with E-state index in [0.29, 0.717) is 5.56 Å². The van der Waals surface area contributed by atoms with Gasteiger partial charge in [-0.3, -0.25) is 4.79 Å². The fourth-order valence-electron chi connectivity index (χ4n) is 2.10. The van der Waals surface area contributed by atoms with E-state index < -0.39 is 28.6 Å². The van der Waals surface area contributed by atoms with Gasteiger partial charge in [0.2, 0.25) is 10.0 Å². The van der Waals surface area contributed by atoms with E-state index in [1.807, 2.05) is 0 Å². The molecule has 0 radical (unpaired) electrons. The number of hydrogen-bond acceptors (Lipinski definition) is 4. The highest BCUT2D eigenvalue weighted by Crippen LogP contribution is 2.18. The van der Waals surface area contributed by atoms with Gasteiger partial charge in [0.25, 0.3) is 5.91 Å². The number of amides is 1. The smallest absolute Gasteiger partial charge is 0.387 e. The molecule has 0 spiro atoms. The first-order chi connectivity index (χ1) is 11.7. The summed E-state index contributed by atoms with van der Waals surface area (Å²) in [6.07, 6.45) is 0. The molecule has 0 saturated heterocycles. The Morgan fingerprint density at radius 3 is 2.12 bits per heavy atom. The van der Waals surface area contributed by atoms with Crippen LogP contribution in [0.15, 0.2) is 53.4 Å². The number of ether oxygens (including phenoxy) is 1. The van der Waals surface area contributed by atoms with E-state index in [1.165, 1.54) is 36.4 Å². The molecule has 0 unspecified atom stereocenters. The molecule has 2 rings (SSSR count). The van der Waals surface area contributed by atoms with E-state index in [-0.39, 0.29) is 16.2 Å². The van der Waals surface area contributed by atoms with Gasteiger partial charge in [-0.2, -0.15) is 8.78 Å². The maximum atomic E-state index is 12.2. The van der Waals surface area contributed by atoms with Gasteiger partial charge in [0, 0.05) is 5.56 Å². The first-order valence-corrected chi connectivity index (χ1v) is 8.70. The number of hydrogen-bond donors (Lipinski definition) is 2. The van der Waals surface area contributed by atoms with Gasteiger partial charge < -0.3 is 10.1 Å². The van der Waals surface area contributed by atoms with Gasteiger partial charge in [-0.15, -0.1) is 0 Å². The summed E-state index contributed by atoms with van der Waals surface area (Å²) in [6.45, 7) is -1.21. The Morgan fingerprint density at radius 1 is 1.08 bits per heavy atom. The summed E-state index contributed by atoms with van der Waals surface area (Å²) < 4.78 is 50.8. The maximum Gasteiger partial charge on any atom is 0.387 e. The van der Waals surface area contributed by atoms with Crippen molar-refractivity contribution in [1.29, 1.82) is 0 Å². The number of nitrogens with one attached hydrogen (secondary N) is 1. The van der Waals surface area contributed by atoms with Crippen LogP contribution in [-0.4, -0.2) is 20.9 Å². The molecule has 6 nitrogen and oxygen atoms in total. The van der Waals surface area contributed by atoms with Gasteiger partial charge in [-0.25, -0.2) is 13.6 Å². The predicted octanol–water partition coefficient (Wildman–Crippen LogP) is 2.43. The lowest BCUT2D eigenvalue weighted by atomic mass is 10.1. The predicted molar refractivity (Wildman–Crippen MR) is 86.8 cm³/mol. The highest BCUT2D eigenvalue weighted by Gasteiger charge is 2.14. The van der Waals surface area contributed by atoms with Crippen molar-refractivity contribution in [3.8, 4) is 5.75 Å². The number of benzene rings is 2. The Balaban J connectivity index is 2.04. The van der Waals surface area contributed by atoms with Crippen LogP contribution in [0.1, 0.15) is 28.9 Å². The molecule has 0 fully saturated rings. The number of primary sulfonamides is 1. The average molecular weight is 370 g/mol. The number of alkyl halides is 2. The van der Waals surface area contributed by atoms with Crippen molar-refractivity contribution in [1.82, 2.24) is 5.32 Å². The highest BCUT2D eigenvalue weighted by atomic mass is 32.2. The molecule has 0 aromatic heterocycles. The Labute approximate surface area is 143 Å². The molecular weight excluding hydrogens is 354 g/mol. The summed E-state index contributed by atoms with van der Waals surface area (Å²) in [5.41, 5.74) is 0.952. The molecule has 134 valence electrons. The summed E-state index contributed by atoms with van der Waals surface area (Å²) in [5, 5.41) is 7.75. The van der Waals surface area contributed by atoms with Gasteiger partial charge in [0.1, 0.15) is 5.75 Å². The monoisotopic (exact) mass is 370 g/mol. The molecule has 0 saturated carbocycles. The van der Waals surface area contributed by atoms with E-state index in [1.54, 1.807) is 19.1 Å². The van der Waals surface area contributed by atoms with Crippen molar-refractivity contribution in [3.05, 3.63) is 59.7 Å². The second-order valence-electron chi connectivity index (χ2n) is 5.21. The zero-order valence-corrected chi connectivity index (χ0v) is 14.0. The molecule has 0 bridgehead atoms. The summed E-state index contributed by atoms with van der Waals surface area (Å²) in [6, 6.07) is 10.7. The molecule has 0 heterocycles. The number of nitrogens with two attached hydrogens (primary N) is 1. The number of sulfonamides is 1. The third kappa shape index (κ3) is 5.23. The second kappa shape index (κ2) is 7.58. The molecule has 9 heteroatoms. The van der Waals surface area contributed by atoms with E-state index in [2.05, 4.69) is 10.1 Å². The third-order valence-corrected chi connectivity index (χ3v) is 4.33. The first-order valence-electron chi connectivity index (χ1n) is 7.15. The minimum atomic E-state index is -3.78. The lowest BCUT2D eigenvalue weighted by molar-refractivity contribution is -0.0498. The number of carbonyl (C=O) groups is 1. The van der Waals surface area contributed by atoms with Crippen LogP contribution >= 0.6 is 0 Å². The van der Waals surface area contributed by atoms with Gasteiger partial charge >= 0.3 is 6.61 Å². The minimum Gasteiger partial charge on any atom is -0.435 e. The van der Waals surface area contributed by atoms with Crippen LogP contribution in [0, 0.1) is 0 Å². The topological polar surface area (TPSA) is 98.5 Å². The molecule has 1 amide bonds. The molecule has 0 aliphatic carbocycles. The van der Waals surface area contributed by atoms with Crippen molar-refractivity contribution >= 4 is 15.9 Å². The summed E-state index contributed by atoms with van der Waals surface area (Å²) in [4.78, 5) is 12.1. The normalized spacial score (nSPS) is 12.7. The van der Waals surface area contributed by atoms with Crippen molar-refractivity contribution in [2.45, 2.75) is 24.5 Å². The zero-order chi connectivity index (χ0) is 18.6. The lowest BCUT2D eigenvalue weighted by Gasteiger charge is -2.15. The van der Waals surface area contributed by atoms with E-state index in [0.717, 1.165) is 0 Å². The highest BCUT2D eigenvalue weighted by molar-refractivity contribution is 7.89. The maximum absolute atomic E-state index is 12.2. The minimum absolute atomic E-state index is 0.0237. The molecule has 3 N–H and O–H groups in total. The molecule has 2 aromatic carbocycles. The Hall–Kier alpha value is -2.52. The third-order valence-electron chi connectivity index (χ3n) is 3.40. The fraction of sp³-hybridized carbons (Fsp3) is 0.188. The molecule has 0 aliphatic rings. The molecule has 25 heavy (non-hydrogen) atoms. The van der Waals surface area contributed by atoms with Gasteiger partial charge in [0.05, 0.1) is 10.9 Å². The Bertz CT molecular complexity index is 837. The summed E-state index contributed by atoms with van der Waals surface area (Å²) in [7, 11) is -3.78. The van der Waals surface area contributed by atoms with Crippen molar-refractivity contribution < 1.29 is 26.7 Å². The van der Waals surface area contributed by atoms with Crippen LogP contribution in [-0.2, 0) is 10.0 Å². The van der Waals surface area contributed by atoms with E-state index in [9.17, 15) is 22.0 Å². The standard InChI is InChI=1S/C16H16F2N2O4S/c1-10(11-4-8-14(9-5-11)25(19,22)23)20-15(21)12-2-6-13(7-3-12)24-16(17)18/h2-10,16H,1H3,(H,20,21)(H2,19,22,23)/t10-/m0/s1. The van der Waals surface area contributed by atoms with E-state index in [4.69, 9.17) is 5.14 Å². The van der Waals surface area contributed by atoms with Crippen LogP contribution in [0.25, 0.3) is 0 Å². The Morgan fingerprint density at radius 2 is 1.64 bits per heavy atom. The van der Waals surface area contributed by atoms with Crippen molar-refractivity contribution in [3.63, 3.8) is 0 Å².